The van der Waals surface area contributed by atoms with Gasteiger partial charge in [-0.3, -0.25) is 19.6 Å². The molecule has 0 unspecified atom stereocenters. The summed E-state index contributed by atoms with van der Waals surface area (Å²) in [4.78, 5) is 23.3. The maximum absolute atomic E-state index is 12.5. The standard InChI is InChI=1S/C21H23N5O4/c1-30-12-10-22-19-8-7-18(13-20(19)26(28)29)21(27)23-14-16-3-5-17(6-4-16)15-25-11-2-9-24-25/h2-9,11,13,22H,10,12,14-15H2,1H3,(H,23,27). The number of hydrogen-bond donors (Lipinski definition) is 2. The monoisotopic (exact) mass is 409 g/mol. The van der Waals surface area contributed by atoms with E-state index in [2.05, 4.69) is 15.7 Å². The van der Waals surface area contributed by atoms with Crippen LogP contribution in [0.1, 0.15) is 21.5 Å². The molecule has 1 heterocycles. The molecule has 0 bridgehead atoms. The van der Waals surface area contributed by atoms with Gasteiger partial charge >= 0.3 is 0 Å². The first-order valence-electron chi connectivity index (χ1n) is 9.41. The lowest BCUT2D eigenvalue weighted by Crippen LogP contribution is -2.23. The topological polar surface area (TPSA) is 111 Å². The van der Waals surface area contributed by atoms with Crippen LogP contribution in [0, 0.1) is 10.1 Å². The van der Waals surface area contributed by atoms with Gasteiger partial charge in [-0.25, -0.2) is 0 Å². The van der Waals surface area contributed by atoms with Crippen LogP contribution in [-0.2, 0) is 17.8 Å². The average Bonchev–Trinajstić information content (AvgIpc) is 3.26. The minimum atomic E-state index is -0.510. The Morgan fingerprint density at radius 2 is 1.97 bits per heavy atom. The molecule has 30 heavy (non-hydrogen) atoms. The molecule has 9 nitrogen and oxygen atoms in total. The Labute approximate surface area is 173 Å². The Morgan fingerprint density at radius 3 is 2.63 bits per heavy atom. The number of carbonyl (C=O) groups is 1. The summed E-state index contributed by atoms with van der Waals surface area (Å²) in [6.07, 6.45) is 3.63. The summed E-state index contributed by atoms with van der Waals surface area (Å²) in [5, 5.41) is 21.3. The van der Waals surface area contributed by atoms with Crippen molar-refractivity contribution in [3.63, 3.8) is 0 Å². The molecule has 3 rings (SSSR count). The number of anilines is 1. The smallest absolute Gasteiger partial charge is 0.293 e. The highest BCUT2D eigenvalue weighted by Crippen LogP contribution is 2.25. The molecule has 2 aromatic carbocycles. The molecule has 3 aromatic rings. The minimum absolute atomic E-state index is 0.151. The second-order valence-corrected chi connectivity index (χ2v) is 6.61. The van der Waals surface area contributed by atoms with E-state index in [0.717, 1.165) is 11.1 Å². The van der Waals surface area contributed by atoms with Gasteiger partial charge in [-0.2, -0.15) is 5.10 Å². The van der Waals surface area contributed by atoms with Crippen LogP contribution in [0.25, 0.3) is 0 Å². The quantitative estimate of drug-likeness (QED) is 0.303. The third-order valence-electron chi connectivity index (χ3n) is 4.46. The lowest BCUT2D eigenvalue weighted by Gasteiger charge is -2.09. The maximum atomic E-state index is 12.5. The van der Waals surface area contributed by atoms with Crippen molar-refractivity contribution in [2.24, 2.45) is 0 Å². The van der Waals surface area contributed by atoms with Crippen LogP contribution in [0.15, 0.2) is 60.9 Å². The Bertz CT molecular complexity index is 987. The van der Waals surface area contributed by atoms with Crippen LogP contribution in [0.2, 0.25) is 0 Å². The van der Waals surface area contributed by atoms with Gasteiger partial charge in [-0.05, 0) is 29.3 Å². The number of nitro benzene ring substituents is 1. The number of aromatic nitrogens is 2. The molecule has 0 spiro atoms. The number of rotatable bonds is 10. The van der Waals surface area contributed by atoms with E-state index >= 15 is 0 Å². The van der Waals surface area contributed by atoms with Crippen molar-refractivity contribution in [2.75, 3.05) is 25.6 Å². The summed E-state index contributed by atoms with van der Waals surface area (Å²) < 4.78 is 6.76. The predicted octanol–water partition coefficient (Wildman–Crippen LogP) is 2.83. The first kappa shape index (κ1) is 21.0. The van der Waals surface area contributed by atoms with Crippen molar-refractivity contribution in [3.05, 3.63) is 87.7 Å². The molecular formula is C21H23N5O4. The van der Waals surface area contributed by atoms with Crippen molar-refractivity contribution in [1.29, 1.82) is 0 Å². The van der Waals surface area contributed by atoms with E-state index in [4.69, 9.17) is 4.74 Å². The van der Waals surface area contributed by atoms with Gasteiger partial charge < -0.3 is 15.4 Å². The Balaban J connectivity index is 1.60. The second kappa shape index (κ2) is 10.2. The van der Waals surface area contributed by atoms with Crippen LogP contribution in [-0.4, -0.2) is 40.9 Å². The lowest BCUT2D eigenvalue weighted by molar-refractivity contribution is -0.384. The molecule has 0 fully saturated rings. The first-order chi connectivity index (χ1) is 14.6. The summed E-state index contributed by atoms with van der Waals surface area (Å²) in [7, 11) is 1.55. The third kappa shape index (κ3) is 5.65. The van der Waals surface area contributed by atoms with Gasteiger partial charge in [0, 0.05) is 44.2 Å². The van der Waals surface area contributed by atoms with Crippen molar-refractivity contribution < 1.29 is 14.5 Å². The molecule has 0 atom stereocenters. The zero-order chi connectivity index (χ0) is 21.3. The molecule has 0 radical (unpaired) electrons. The van der Waals surface area contributed by atoms with Gasteiger partial charge in [0.25, 0.3) is 11.6 Å². The number of hydrogen-bond acceptors (Lipinski definition) is 6. The van der Waals surface area contributed by atoms with Crippen molar-refractivity contribution in [1.82, 2.24) is 15.1 Å². The van der Waals surface area contributed by atoms with Crippen LogP contribution >= 0.6 is 0 Å². The van der Waals surface area contributed by atoms with Crippen molar-refractivity contribution in [2.45, 2.75) is 13.1 Å². The maximum Gasteiger partial charge on any atom is 0.293 e. The van der Waals surface area contributed by atoms with Gasteiger partial charge in [0.15, 0.2) is 0 Å². The van der Waals surface area contributed by atoms with Gasteiger partial charge in [-0.15, -0.1) is 0 Å². The molecule has 1 amide bonds. The van der Waals surface area contributed by atoms with E-state index in [0.29, 0.717) is 31.9 Å². The molecule has 156 valence electrons. The average molecular weight is 409 g/mol. The first-order valence-corrected chi connectivity index (χ1v) is 9.41. The Hall–Kier alpha value is -3.72. The van der Waals surface area contributed by atoms with Gasteiger partial charge in [0.2, 0.25) is 0 Å². The zero-order valence-corrected chi connectivity index (χ0v) is 16.6. The molecule has 0 saturated carbocycles. The summed E-state index contributed by atoms with van der Waals surface area (Å²) >= 11 is 0. The summed E-state index contributed by atoms with van der Waals surface area (Å²) in [5.41, 5.74) is 2.46. The number of nitro groups is 1. The van der Waals surface area contributed by atoms with Gasteiger partial charge in [0.1, 0.15) is 5.69 Å². The third-order valence-corrected chi connectivity index (χ3v) is 4.46. The largest absolute Gasteiger partial charge is 0.383 e. The van der Waals surface area contributed by atoms with Gasteiger partial charge in [-0.1, -0.05) is 24.3 Å². The second-order valence-electron chi connectivity index (χ2n) is 6.61. The molecule has 0 aliphatic rings. The van der Waals surface area contributed by atoms with E-state index in [1.54, 1.807) is 19.4 Å². The highest BCUT2D eigenvalue weighted by Gasteiger charge is 2.17. The summed E-state index contributed by atoms with van der Waals surface area (Å²) in [6, 6.07) is 14.1. The van der Waals surface area contributed by atoms with Crippen molar-refractivity contribution >= 4 is 17.3 Å². The van der Waals surface area contributed by atoms with E-state index in [1.807, 2.05) is 41.2 Å². The fourth-order valence-electron chi connectivity index (χ4n) is 2.89. The van der Waals surface area contributed by atoms with Crippen LogP contribution < -0.4 is 10.6 Å². The van der Waals surface area contributed by atoms with Crippen molar-refractivity contribution in [3.8, 4) is 0 Å². The number of nitrogens with one attached hydrogen (secondary N) is 2. The fraction of sp³-hybridized carbons (Fsp3) is 0.238. The van der Waals surface area contributed by atoms with Crippen LogP contribution in [0.5, 0.6) is 0 Å². The van der Waals surface area contributed by atoms with Crippen LogP contribution in [0.4, 0.5) is 11.4 Å². The number of methoxy groups -OCH3 is 1. The SMILES string of the molecule is COCCNc1ccc(C(=O)NCc2ccc(Cn3cccn3)cc2)cc1[N+](=O)[O-]. The normalized spacial score (nSPS) is 10.6. The number of nitrogens with zero attached hydrogens (tertiary/aromatic N) is 3. The zero-order valence-electron chi connectivity index (χ0n) is 16.6. The summed E-state index contributed by atoms with van der Waals surface area (Å²) in [5.74, 6) is -0.373. The predicted molar refractivity (Wildman–Crippen MR) is 112 cm³/mol. The Kier molecular flexibility index (Phi) is 7.12. The minimum Gasteiger partial charge on any atom is -0.383 e. The highest BCUT2D eigenvalue weighted by molar-refractivity contribution is 5.95. The van der Waals surface area contributed by atoms with E-state index in [1.165, 1.54) is 12.1 Å². The van der Waals surface area contributed by atoms with E-state index < -0.39 is 4.92 Å². The summed E-state index contributed by atoms with van der Waals surface area (Å²) in [6.45, 7) is 1.84. The number of carbonyl (C=O) groups excluding carboxylic acids is 1. The van der Waals surface area contributed by atoms with E-state index in [9.17, 15) is 14.9 Å². The molecule has 2 N–H and O–H groups in total. The number of ether oxygens (including phenoxy) is 1. The molecule has 0 saturated heterocycles. The molecular weight excluding hydrogens is 386 g/mol. The van der Waals surface area contributed by atoms with Crippen LogP contribution in [0.3, 0.4) is 0 Å². The Morgan fingerprint density at radius 1 is 1.20 bits per heavy atom. The molecule has 9 heteroatoms. The highest BCUT2D eigenvalue weighted by atomic mass is 16.6. The number of benzene rings is 2. The number of amides is 1. The fourth-order valence-corrected chi connectivity index (χ4v) is 2.89. The van der Waals surface area contributed by atoms with Gasteiger partial charge in [0.05, 0.1) is 18.1 Å². The molecule has 0 aliphatic carbocycles. The van der Waals surface area contributed by atoms with E-state index in [-0.39, 0.29) is 17.2 Å². The molecule has 0 aliphatic heterocycles. The molecule has 1 aromatic heterocycles. The lowest BCUT2D eigenvalue weighted by atomic mass is 10.1.